The number of esters is 2. The highest BCUT2D eigenvalue weighted by atomic mass is 16.5. The minimum Gasteiger partial charge on any atom is -0.466 e. The molecule has 0 radical (unpaired) electrons. The standard InChI is InChI=1S/C14H24O4/c1-6-7-8-9-11(13(15)17-4)12(10(2)3)14(16)18-5/h10H,6-9H2,1-5H3. The third-order valence-corrected chi connectivity index (χ3v) is 2.77. The molecule has 0 aromatic rings. The van der Waals surface area contributed by atoms with Crippen LogP contribution < -0.4 is 0 Å². The molecule has 0 N–H and O–H groups in total. The SMILES string of the molecule is CCCCCC(C(=O)OC)=C(C(=O)OC)C(C)C. The van der Waals surface area contributed by atoms with Gasteiger partial charge in [0.1, 0.15) is 0 Å². The van der Waals surface area contributed by atoms with Gasteiger partial charge in [-0.2, -0.15) is 0 Å². The van der Waals surface area contributed by atoms with Gasteiger partial charge in [-0.05, 0) is 18.8 Å². The monoisotopic (exact) mass is 256 g/mol. The van der Waals surface area contributed by atoms with Crippen molar-refractivity contribution in [1.82, 2.24) is 0 Å². The molecular weight excluding hydrogens is 232 g/mol. The van der Waals surface area contributed by atoms with E-state index in [2.05, 4.69) is 6.92 Å². The molecule has 0 saturated carbocycles. The second-order valence-electron chi connectivity index (χ2n) is 4.49. The van der Waals surface area contributed by atoms with E-state index in [9.17, 15) is 9.59 Å². The summed E-state index contributed by atoms with van der Waals surface area (Å²) in [5.74, 6) is -0.935. The van der Waals surface area contributed by atoms with Crippen LogP contribution in [0, 0.1) is 5.92 Å². The molecule has 0 spiro atoms. The fourth-order valence-electron chi connectivity index (χ4n) is 1.84. The smallest absolute Gasteiger partial charge is 0.334 e. The number of hydrogen-bond donors (Lipinski definition) is 0. The summed E-state index contributed by atoms with van der Waals surface area (Å²) in [6, 6.07) is 0. The lowest BCUT2D eigenvalue weighted by atomic mass is 9.93. The summed E-state index contributed by atoms with van der Waals surface area (Å²) in [6.45, 7) is 5.83. The topological polar surface area (TPSA) is 52.6 Å². The highest BCUT2D eigenvalue weighted by Gasteiger charge is 2.24. The van der Waals surface area contributed by atoms with Crippen LogP contribution in [0.25, 0.3) is 0 Å². The molecule has 0 aromatic carbocycles. The summed E-state index contributed by atoms with van der Waals surface area (Å²) >= 11 is 0. The van der Waals surface area contributed by atoms with E-state index in [1.165, 1.54) is 14.2 Å². The minimum atomic E-state index is -0.443. The van der Waals surface area contributed by atoms with E-state index in [1.54, 1.807) is 0 Å². The lowest BCUT2D eigenvalue weighted by molar-refractivity contribution is -0.139. The Morgan fingerprint density at radius 3 is 1.94 bits per heavy atom. The normalized spacial score (nSPS) is 12.1. The third kappa shape index (κ3) is 4.90. The maximum atomic E-state index is 11.8. The molecule has 18 heavy (non-hydrogen) atoms. The summed E-state index contributed by atoms with van der Waals surface area (Å²) in [5, 5.41) is 0. The Balaban J connectivity index is 5.28. The average Bonchev–Trinajstić information content (AvgIpc) is 2.35. The van der Waals surface area contributed by atoms with Crippen molar-refractivity contribution >= 4 is 11.9 Å². The number of unbranched alkanes of at least 4 members (excludes halogenated alkanes) is 2. The van der Waals surface area contributed by atoms with Gasteiger partial charge in [-0.15, -0.1) is 0 Å². The molecule has 0 saturated heterocycles. The van der Waals surface area contributed by atoms with Crippen LogP contribution >= 0.6 is 0 Å². The van der Waals surface area contributed by atoms with Crippen LogP contribution in [0.1, 0.15) is 46.5 Å². The van der Waals surface area contributed by atoms with Crippen molar-refractivity contribution in [2.75, 3.05) is 14.2 Å². The van der Waals surface area contributed by atoms with Gasteiger partial charge in [0, 0.05) is 5.57 Å². The van der Waals surface area contributed by atoms with Crippen LogP contribution in [-0.4, -0.2) is 26.2 Å². The molecule has 0 aliphatic rings. The third-order valence-electron chi connectivity index (χ3n) is 2.77. The Hall–Kier alpha value is -1.32. The zero-order chi connectivity index (χ0) is 14.1. The first kappa shape index (κ1) is 16.7. The first-order valence-electron chi connectivity index (χ1n) is 6.39. The molecule has 104 valence electrons. The van der Waals surface area contributed by atoms with Crippen molar-refractivity contribution in [3.8, 4) is 0 Å². The van der Waals surface area contributed by atoms with E-state index in [4.69, 9.17) is 9.47 Å². The number of methoxy groups -OCH3 is 2. The molecule has 0 aromatic heterocycles. The zero-order valence-corrected chi connectivity index (χ0v) is 12.0. The number of carbonyl (C=O) groups excluding carboxylic acids is 2. The molecular formula is C14H24O4. The average molecular weight is 256 g/mol. The number of hydrogen-bond acceptors (Lipinski definition) is 4. The second kappa shape index (κ2) is 8.72. The number of ether oxygens (including phenoxy) is 2. The van der Waals surface area contributed by atoms with Gasteiger partial charge in [0.05, 0.1) is 19.8 Å². The molecule has 0 heterocycles. The van der Waals surface area contributed by atoms with E-state index >= 15 is 0 Å². The molecule has 0 rings (SSSR count). The predicted molar refractivity (Wildman–Crippen MR) is 70.0 cm³/mol. The van der Waals surface area contributed by atoms with Gasteiger partial charge < -0.3 is 9.47 Å². The summed E-state index contributed by atoms with van der Waals surface area (Å²) in [4.78, 5) is 23.5. The summed E-state index contributed by atoms with van der Waals surface area (Å²) in [7, 11) is 2.66. The first-order chi connectivity index (χ1) is 8.49. The minimum absolute atomic E-state index is 0.0619. The van der Waals surface area contributed by atoms with E-state index in [0.29, 0.717) is 17.6 Å². The largest absolute Gasteiger partial charge is 0.466 e. The van der Waals surface area contributed by atoms with Crippen LogP contribution in [0.2, 0.25) is 0 Å². The van der Waals surface area contributed by atoms with Crippen molar-refractivity contribution in [2.24, 2.45) is 5.92 Å². The predicted octanol–water partition coefficient (Wildman–Crippen LogP) is 2.87. The Bertz CT molecular complexity index is 316. The van der Waals surface area contributed by atoms with Gasteiger partial charge in [0.15, 0.2) is 0 Å². The van der Waals surface area contributed by atoms with E-state index in [0.717, 1.165) is 19.3 Å². The molecule has 0 fully saturated rings. The highest BCUT2D eigenvalue weighted by molar-refractivity contribution is 6.00. The molecule has 4 nitrogen and oxygen atoms in total. The fraction of sp³-hybridized carbons (Fsp3) is 0.714. The van der Waals surface area contributed by atoms with Crippen LogP contribution in [0.5, 0.6) is 0 Å². The number of rotatable bonds is 7. The van der Waals surface area contributed by atoms with Gasteiger partial charge in [0.25, 0.3) is 0 Å². The van der Waals surface area contributed by atoms with Crippen LogP contribution in [0.15, 0.2) is 11.1 Å². The maximum absolute atomic E-state index is 11.8. The van der Waals surface area contributed by atoms with E-state index < -0.39 is 11.9 Å². The van der Waals surface area contributed by atoms with E-state index in [-0.39, 0.29) is 5.92 Å². The number of carbonyl (C=O) groups is 2. The van der Waals surface area contributed by atoms with Gasteiger partial charge in [-0.25, -0.2) is 9.59 Å². The Kier molecular flexibility index (Phi) is 8.08. The van der Waals surface area contributed by atoms with Gasteiger partial charge >= 0.3 is 11.9 Å². The first-order valence-corrected chi connectivity index (χ1v) is 6.39. The molecule has 0 atom stereocenters. The van der Waals surface area contributed by atoms with Crippen LogP contribution in [0.4, 0.5) is 0 Å². The molecule has 0 aliphatic heterocycles. The Morgan fingerprint density at radius 1 is 1.00 bits per heavy atom. The lowest BCUT2D eigenvalue weighted by Gasteiger charge is -2.15. The molecule has 0 amide bonds. The second-order valence-corrected chi connectivity index (χ2v) is 4.49. The lowest BCUT2D eigenvalue weighted by Crippen LogP contribution is -2.18. The molecule has 0 aliphatic carbocycles. The quantitative estimate of drug-likeness (QED) is 0.399. The summed E-state index contributed by atoms with van der Waals surface area (Å²) < 4.78 is 9.52. The molecule has 0 bridgehead atoms. The van der Waals surface area contributed by atoms with Crippen molar-refractivity contribution in [3.63, 3.8) is 0 Å². The van der Waals surface area contributed by atoms with Crippen molar-refractivity contribution in [1.29, 1.82) is 0 Å². The van der Waals surface area contributed by atoms with Gasteiger partial charge in [0.2, 0.25) is 0 Å². The fourth-order valence-corrected chi connectivity index (χ4v) is 1.84. The van der Waals surface area contributed by atoms with Gasteiger partial charge in [-0.3, -0.25) is 0 Å². The zero-order valence-electron chi connectivity index (χ0n) is 12.0. The van der Waals surface area contributed by atoms with Gasteiger partial charge in [-0.1, -0.05) is 33.6 Å². The highest BCUT2D eigenvalue weighted by Crippen LogP contribution is 2.22. The van der Waals surface area contributed by atoms with Crippen molar-refractivity contribution in [3.05, 3.63) is 11.1 Å². The van der Waals surface area contributed by atoms with Crippen molar-refractivity contribution < 1.29 is 19.1 Å². The Labute approximate surface area is 109 Å². The maximum Gasteiger partial charge on any atom is 0.334 e. The Morgan fingerprint density at radius 2 is 1.56 bits per heavy atom. The van der Waals surface area contributed by atoms with Crippen LogP contribution in [0.3, 0.4) is 0 Å². The molecule has 0 unspecified atom stereocenters. The summed E-state index contributed by atoms with van der Waals surface area (Å²) in [6.07, 6.45) is 3.51. The summed E-state index contributed by atoms with van der Waals surface area (Å²) in [5.41, 5.74) is 0.883. The molecule has 4 heteroatoms. The van der Waals surface area contributed by atoms with Crippen LogP contribution in [-0.2, 0) is 19.1 Å². The van der Waals surface area contributed by atoms with E-state index in [1.807, 2.05) is 13.8 Å². The van der Waals surface area contributed by atoms with Crippen molar-refractivity contribution in [2.45, 2.75) is 46.5 Å².